The van der Waals surface area contributed by atoms with Gasteiger partial charge in [-0.05, 0) is 35.5 Å². The molecule has 8 heteroatoms. The molecule has 0 aliphatic carbocycles. The van der Waals surface area contributed by atoms with Gasteiger partial charge in [0.1, 0.15) is 6.54 Å². The Hall–Kier alpha value is -2.64. The van der Waals surface area contributed by atoms with Gasteiger partial charge in [-0.15, -0.1) is 0 Å². The van der Waals surface area contributed by atoms with Crippen LogP contribution in [0.2, 0.25) is 5.15 Å². The molecule has 0 bridgehead atoms. The molecular weight excluding hydrogens is 362 g/mol. The van der Waals surface area contributed by atoms with Crippen molar-refractivity contribution in [2.45, 2.75) is 0 Å². The molecule has 6 nitrogen and oxygen atoms in total. The molecule has 2 heterocycles. The van der Waals surface area contributed by atoms with Crippen molar-refractivity contribution in [1.29, 1.82) is 0 Å². The summed E-state index contributed by atoms with van der Waals surface area (Å²) in [7, 11) is 0. The first-order valence-corrected chi connectivity index (χ1v) is 8.45. The molecule has 0 unspecified atom stereocenters. The van der Waals surface area contributed by atoms with E-state index in [0.717, 1.165) is 22.2 Å². The summed E-state index contributed by atoms with van der Waals surface area (Å²) in [5.41, 5.74) is 1.13. The second-order valence-corrected chi connectivity index (χ2v) is 6.42. The van der Waals surface area contributed by atoms with Gasteiger partial charge in [-0.1, -0.05) is 41.9 Å². The van der Waals surface area contributed by atoms with E-state index in [1.165, 1.54) is 6.20 Å². The average Bonchev–Trinajstić information content (AvgIpc) is 2.85. The first kappa shape index (κ1) is 17.2. The lowest BCUT2D eigenvalue weighted by Gasteiger charge is -2.12. The van der Waals surface area contributed by atoms with Crippen LogP contribution in [0.5, 0.6) is 0 Å². The molecule has 3 amide bonds. The highest BCUT2D eigenvalue weighted by molar-refractivity contribution is 8.18. The monoisotopic (exact) mass is 373 g/mol. The van der Waals surface area contributed by atoms with Crippen LogP contribution in [0, 0.1) is 0 Å². The maximum absolute atomic E-state index is 12.4. The molecule has 0 radical (unpaired) electrons. The van der Waals surface area contributed by atoms with Crippen LogP contribution in [-0.4, -0.2) is 33.5 Å². The Kier molecular flexibility index (Phi) is 5.16. The third-order valence-corrected chi connectivity index (χ3v) is 4.51. The summed E-state index contributed by atoms with van der Waals surface area (Å²) in [4.78, 5) is 41.6. The molecule has 1 aromatic carbocycles. The molecule has 0 saturated carbocycles. The van der Waals surface area contributed by atoms with Gasteiger partial charge in [-0.25, -0.2) is 4.98 Å². The van der Waals surface area contributed by atoms with Crippen molar-refractivity contribution in [3.05, 3.63) is 64.3 Å². The number of anilines is 1. The van der Waals surface area contributed by atoms with Crippen LogP contribution in [-0.2, 0) is 9.59 Å². The Labute approximate surface area is 152 Å². The van der Waals surface area contributed by atoms with Gasteiger partial charge >= 0.3 is 0 Å². The second-order valence-electron chi connectivity index (χ2n) is 5.07. The van der Waals surface area contributed by atoms with Crippen molar-refractivity contribution in [2.24, 2.45) is 0 Å². The molecule has 25 heavy (non-hydrogen) atoms. The number of carbonyl (C=O) groups excluding carboxylic acids is 3. The van der Waals surface area contributed by atoms with Crippen molar-refractivity contribution < 1.29 is 14.4 Å². The number of rotatable bonds is 4. The van der Waals surface area contributed by atoms with Crippen LogP contribution >= 0.6 is 23.4 Å². The van der Waals surface area contributed by atoms with E-state index in [2.05, 4.69) is 10.3 Å². The maximum atomic E-state index is 12.4. The summed E-state index contributed by atoms with van der Waals surface area (Å²) >= 11 is 6.68. The van der Waals surface area contributed by atoms with Gasteiger partial charge in [0.05, 0.1) is 10.6 Å². The van der Waals surface area contributed by atoms with E-state index in [1.807, 2.05) is 30.3 Å². The number of halogens is 1. The lowest BCUT2D eigenvalue weighted by Crippen LogP contribution is -2.36. The molecule has 0 atom stereocenters. The zero-order chi connectivity index (χ0) is 17.8. The lowest BCUT2D eigenvalue weighted by atomic mass is 10.2. The Bertz CT molecular complexity index is 870. The highest BCUT2D eigenvalue weighted by atomic mass is 35.5. The molecular formula is C17H12ClN3O3S. The lowest BCUT2D eigenvalue weighted by molar-refractivity contribution is -0.127. The molecule has 1 saturated heterocycles. The number of hydrogen-bond acceptors (Lipinski definition) is 5. The van der Waals surface area contributed by atoms with Crippen LogP contribution in [0.25, 0.3) is 6.08 Å². The van der Waals surface area contributed by atoms with Crippen molar-refractivity contribution in [3.8, 4) is 0 Å². The summed E-state index contributed by atoms with van der Waals surface area (Å²) < 4.78 is 0. The van der Waals surface area contributed by atoms with E-state index in [9.17, 15) is 14.4 Å². The molecule has 1 N–H and O–H groups in total. The molecule has 3 rings (SSSR count). The normalized spacial score (nSPS) is 15.7. The van der Waals surface area contributed by atoms with Crippen LogP contribution in [0.1, 0.15) is 5.56 Å². The van der Waals surface area contributed by atoms with Gasteiger partial charge in [-0.2, -0.15) is 0 Å². The topological polar surface area (TPSA) is 79.4 Å². The predicted molar refractivity (Wildman–Crippen MR) is 97.0 cm³/mol. The second kappa shape index (κ2) is 7.50. The van der Waals surface area contributed by atoms with E-state index < -0.39 is 17.1 Å². The van der Waals surface area contributed by atoms with Crippen LogP contribution in [0.3, 0.4) is 0 Å². The fourth-order valence-electron chi connectivity index (χ4n) is 2.15. The quantitative estimate of drug-likeness (QED) is 0.656. The molecule has 0 spiro atoms. The van der Waals surface area contributed by atoms with Gasteiger partial charge in [0.2, 0.25) is 5.91 Å². The Morgan fingerprint density at radius 2 is 1.96 bits per heavy atom. The molecule has 1 aliphatic heterocycles. The van der Waals surface area contributed by atoms with E-state index in [1.54, 1.807) is 18.2 Å². The predicted octanol–water partition coefficient (Wildman–Crippen LogP) is 3.41. The van der Waals surface area contributed by atoms with Crippen LogP contribution in [0.4, 0.5) is 10.5 Å². The zero-order valence-electron chi connectivity index (χ0n) is 12.8. The number of thioether (sulfide) groups is 1. The Balaban J connectivity index is 1.70. The number of carbonyl (C=O) groups is 3. The molecule has 1 fully saturated rings. The summed E-state index contributed by atoms with van der Waals surface area (Å²) in [6.45, 7) is -0.387. The smallest absolute Gasteiger partial charge is 0.294 e. The Morgan fingerprint density at radius 1 is 1.20 bits per heavy atom. The number of nitrogens with zero attached hydrogens (tertiary/aromatic N) is 2. The summed E-state index contributed by atoms with van der Waals surface area (Å²) in [5.74, 6) is -1.02. The number of pyridine rings is 1. The third kappa shape index (κ3) is 4.07. The molecule has 1 aliphatic rings. The van der Waals surface area contributed by atoms with Gasteiger partial charge in [0, 0.05) is 6.20 Å². The van der Waals surface area contributed by atoms with E-state index >= 15 is 0 Å². The largest absolute Gasteiger partial charge is 0.322 e. The third-order valence-electron chi connectivity index (χ3n) is 3.31. The highest BCUT2D eigenvalue weighted by Gasteiger charge is 2.36. The number of imide groups is 1. The minimum atomic E-state index is -0.529. The van der Waals surface area contributed by atoms with E-state index in [-0.39, 0.29) is 16.6 Å². The summed E-state index contributed by atoms with van der Waals surface area (Å²) in [5, 5.41) is 2.18. The SMILES string of the molecule is O=C(CN1C(=O)S/C(=C/c2ccccc2)C1=O)Nc1cccnc1Cl. The Morgan fingerprint density at radius 3 is 2.68 bits per heavy atom. The van der Waals surface area contributed by atoms with Crippen molar-refractivity contribution >= 4 is 52.2 Å². The van der Waals surface area contributed by atoms with Crippen molar-refractivity contribution in [3.63, 3.8) is 0 Å². The average molecular weight is 374 g/mol. The fourth-order valence-corrected chi connectivity index (χ4v) is 3.15. The molecule has 1 aromatic heterocycles. The van der Waals surface area contributed by atoms with E-state index in [0.29, 0.717) is 5.69 Å². The minimum Gasteiger partial charge on any atom is -0.322 e. The summed E-state index contributed by atoms with van der Waals surface area (Å²) in [6, 6.07) is 12.4. The number of nitrogens with one attached hydrogen (secondary N) is 1. The fraction of sp³-hybridized carbons (Fsp3) is 0.0588. The standard InChI is InChI=1S/C17H12ClN3O3S/c18-15-12(7-4-8-19-15)20-14(22)10-21-16(23)13(25-17(21)24)9-11-5-2-1-3-6-11/h1-9H,10H2,(H,20,22)/b13-9+. The number of hydrogen-bond donors (Lipinski definition) is 1. The van der Waals surface area contributed by atoms with E-state index in [4.69, 9.17) is 11.6 Å². The number of aromatic nitrogens is 1. The van der Waals surface area contributed by atoms with Crippen LogP contribution in [0.15, 0.2) is 53.6 Å². The van der Waals surface area contributed by atoms with Gasteiger partial charge in [0.15, 0.2) is 5.15 Å². The van der Waals surface area contributed by atoms with Crippen molar-refractivity contribution in [2.75, 3.05) is 11.9 Å². The molecule has 126 valence electrons. The number of amides is 3. The van der Waals surface area contributed by atoms with Crippen molar-refractivity contribution in [1.82, 2.24) is 9.88 Å². The summed E-state index contributed by atoms with van der Waals surface area (Å²) in [6.07, 6.45) is 3.11. The first-order valence-electron chi connectivity index (χ1n) is 7.25. The van der Waals surface area contributed by atoms with Crippen LogP contribution < -0.4 is 5.32 Å². The van der Waals surface area contributed by atoms with Gasteiger partial charge in [0.25, 0.3) is 11.1 Å². The zero-order valence-corrected chi connectivity index (χ0v) is 14.4. The minimum absolute atomic E-state index is 0.133. The molecule has 2 aromatic rings. The van der Waals surface area contributed by atoms with Gasteiger partial charge in [-0.3, -0.25) is 19.3 Å². The number of benzene rings is 1. The first-order chi connectivity index (χ1) is 12.0. The highest BCUT2D eigenvalue weighted by Crippen LogP contribution is 2.32. The maximum Gasteiger partial charge on any atom is 0.294 e. The van der Waals surface area contributed by atoms with Gasteiger partial charge < -0.3 is 5.32 Å².